The van der Waals surface area contributed by atoms with Crippen LogP contribution in [-0.4, -0.2) is 47.1 Å². The average Bonchev–Trinajstić information content (AvgIpc) is 2.91. The topological polar surface area (TPSA) is 69.6 Å². The van der Waals surface area contributed by atoms with Gasteiger partial charge in [0.25, 0.3) is 5.91 Å². The fourth-order valence-electron chi connectivity index (χ4n) is 3.25. The molecule has 1 aliphatic carbocycles. The van der Waals surface area contributed by atoms with Crippen LogP contribution in [0.3, 0.4) is 0 Å². The molecular weight excluding hydrogens is 324 g/mol. The molecule has 1 amide bonds. The molecule has 24 heavy (non-hydrogen) atoms. The molecule has 1 heterocycles. The van der Waals surface area contributed by atoms with Crippen LogP contribution < -0.4 is 5.32 Å². The summed E-state index contributed by atoms with van der Waals surface area (Å²) in [6.45, 7) is 7.06. The number of rotatable bonds is 9. The lowest BCUT2D eigenvalue weighted by molar-refractivity contribution is -0.139. The van der Waals surface area contributed by atoms with Crippen LogP contribution in [0, 0.1) is 0 Å². The van der Waals surface area contributed by atoms with Crippen LogP contribution >= 0.6 is 11.3 Å². The molecule has 0 aromatic carbocycles. The number of hydrogen-bond donors (Lipinski definition) is 2. The van der Waals surface area contributed by atoms with Crippen molar-refractivity contribution in [2.24, 2.45) is 0 Å². The Bertz CT molecular complexity index is 579. The van der Waals surface area contributed by atoms with Crippen LogP contribution in [0.4, 0.5) is 0 Å². The third-order valence-electron chi connectivity index (χ3n) is 4.69. The van der Waals surface area contributed by atoms with Crippen LogP contribution in [0.1, 0.15) is 60.1 Å². The lowest BCUT2D eigenvalue weighted by atomic mass is 9.85. The molecule has 1 saturated carbocycles. The molecule has 1 aromatic heterocycles. The Balaban J connectivity index is 1.87. The molecule has 2 rings (SSSR count). The first-order valence-corrected chi connectivity index (χ1v) is 9.68. The Kier molecular flexibility index (Phi) is 6.80. The van der Waals surface area contributed by atoms with Gasteiger partial charge in [-0.2, -0.15) is 0 Å². The highest BCUT2D eigenvalue weighted by atomic mass is 32.1. The Morgan fingerprint density at radius 1 is 1.33 bits per heavy atom. The predicted octanol–water partition coefficient (Wildman–Crippen LogP) is 2.93. The summed E-state index contributed by atoms with van der Waals surface area (Å²) >= 11 is 1.61. The lowest BCUT2D eigenvalue weighted by Crippen LogP contribution is -2.54. The van der Waals surface area contributed by atoms with Gasteiger partial charge in [0.1, 0.15) is 0 Å². The van der Waals surface area contributed by atoms with Gasteiger partial charge >= 0.3 is 5.97 Å². The third-order valence-corrected chi connectivity index (χ3v) is 5.92. The molecule has 0 spiro atoms. The van der Waals surface area contributed by atoms with Crippen LogP contribution in [0.2, 0.25) is 0 Å². The first-order chi connectivity index (χ1) is 11.5. The van der Waals surface area contributed by atoms with Gasteiger partial charge in [0.2, 0.25) is 0 Å². The molecule has 0 bridgehead atoms. The summed E-state index contributed by atoms with van der Waals surface area (Å²) in [6, 6.07) is 2.46. The minimum atomic E-state index is -0.793. The molecule has 1 aliphatic rings. The van der Waals surface area contributed by atoms with E-state index in [0.29, 0.717) is 0 Å². The normalized spacial score (nSPS) is 20.0. The Morgan fingerprint density at radius 3 is 2.58 bits per heavy atom. The van der Waals surface area contributed by atoms with Gasteiger partial charge in [-0.1, -0.05) is 27.2 Å². The van der Waals surface area contributed by atoms with E-state index in [9.17, 15) is 9.59 Å². The van der Waals surface area contributed by atoms with Crippen LogP contribution in [0.15, 0.2) is 6.07 Å². The van der Waals surface area contributed by atoms with Crippen LogP contribution in [0.5, 0.6) is 0 Å². The number of aryl methyl sites for hydroxylation is 2. The van der Waals surface area contributed by atoms with E-state index in [2.05, 4.69) is 19.2 Å². The molecular formula is C18H28N2O3S. The second kappa shape index (κ2) is 8.62. The molecule has 0 saturated heterocycles. The summed E-state index contributed by atoms with van der Waals surface area (Å²) in [6.07, 6.45) is 4.76. The highest BCUT2D eigenvalue weighted by Crippen LogP contribution is 2.28. The van der Waals surface area contributed by atoms with Crippen molar-refractivity contribution in [1.82, 2.24) is 10.2 Å². The average molecular weight is 353 g/mol. The predicted molar refractivity (Wildman–Crippen MR) is 96.9 cm³/mol. The molecule has 0 atom stereocenters. The van der Waals surface area contributed by atoms with Crippen molar-refractivity contribution in [2.45, 2.75) is 65.0 Å². The maximum Gasteiger partial charge on any atom is 0.317 e. The van der Waals surface area contributed by atoms with Crippen molar-refractivity contribution in [3.63, 3.8) is 0 Å². The van der Waals surface area contributed by atoms with Crippen molar-refractivity contribution in [2.75, 3.05) is 13.1 Å². The van der Waals surface area contributed by atoms with Gasteiger partial charge < -0.3 is 10.4 Å². The highest BCUT2D eigenvalue weighted by Gasteiger charge is 2.35. The summed E-state index contributed by atoms with van der Waals surface area (Å²) in [5.41, 5.74) is 1.29. The Hall–Kier alpha value is -1.40. The van der Waals surface area contributed by atoms with Gasteiger partial charge in [0.15, 0.2) is 0 Å². The highest BCUT2D eigenvalue weighted by molar-refractivity contribution is 7.14. The molecule has 0 unspecified atom stereocenters. The van der Waals surface area contributed by atoms with E-state index in [1.165, 1.54) is 10.4 Å². The second-order valence-corrected chi connectivity index (χ2v) is 7.55. The molecule has 0 radical (unpaired) electrons. The summed E-state index contributed by atoms with van der Waals surface area (Å²) in [5.74, 6) is -0.778. The minimum Gasteiger partial charge on any atom is -0.480 e. The van der Waals surface area contributed by atoms with Gasteiger partial charge in [-0.05, 0) is 43.9 Å². The SMILES string of the molecule is CCCc1sc(C(=O)NC2CC(N(CC)CC(=O)O)C2)cc1CC. The zero-order chi connectivity index (χ0) is 17.7. The largest absolute Gasteiger partial charge is 0.480 e. The standard InChI is InChI=1S/C18H28N2O3S/c1-4-7-15-12(5-2)8-16(24-15)18(23)19-13-9-14(10-13)20(6-3)11-17(21)22/h8,13-14H,4-7,9-11H2,1-3H3,(H,19,23)(H,21,22). The van der Waals surface area contributed by atoms with Gasteiger partial charge in [0.05, 0.1) is 11.4 Å². The van der Waals surface area contributed by atoms with E-state index < -0.39 is 5.97 Å². The molecule has 0 aliphatic heterocycles. The van der Waals surface area contributed by atoms with Gasteiger partial charge in [-0.15, -0.1) is 11.3 Å². The maximum atomic E-state index is 12.4. The first-order valence-electron chi connectivity index (χ1n) is 8.86. The number of amides is 1. The number of carboxylic acids is 1. The number of aliphatic carboxylic acids is 1. The number of thiophene rings is 1. The molecule has 2 N–H and O–H groups in total. The fourth-order valence-corrected chi connectivity index (χ4v) is 4.51. The number of carbonyl (C=O) groups excluding carboxylic acids is 1. The number of likely N-dealkylation sites (N-methyl/N-ethyl adjacent to an activating group) is 1. The minimum absolute atomic E-state index is 0.0155. The number of hydrogen-bond acceptors (Lipinski definition) is 4. The van der Waals surface area contributed by atoms with Crippen molar-refractivity contribution >= 4 is 23.2 Å². The summed E-state index contributed by atoms with van der Waals surface area (Å²) < 4.78 is 0. The number of carboxylic acid groups (broad SMARTS) is 1. The summed E-state index contributed by atoms with van der Waals surface area (Å²) in [4.78, 5) is 27.4. The van der Waals surface area contributed by atoms with Crippen LogP contribution in [0.25, 0.3) is 0 Å². The Labute approximate surface area is 148 Å². The maximum absolute atomic E-state index is 12.4. The van der Waals surface area contributed by atoms with E-state index in [1.54, 1.807) is 11.3 Å². The summed E-state index contributed by atoms with van der Waals surface area (Å²) in [5, 5.41) is 12.0. The van der Waals surface area contributed by atoms with Gasteiger partial charge in [0, 0.05) is 17.0 Å². The van der Waals surface area contributed by atoms with Crippen molar-refractivity contribution in [3.8, 4) is 0 Å². The van der Waals surface area contributed by atoms with E-state index in [-0.39, 0.29) is 24.5 Å². The lowest BCUT2D eigenvalue weighted by Gasteiger charge is -2.42. The van der Waals surface area contributed by atoms with Gasteiger partial charge in [-0.3, -0.25) is 14.5 Å². The zero-order valence-electron chi connectivity index (χ0n) is 14.8. The zero-order valence-corrected chi connectivity index (χ0v) is 15.6. The third kappa shape index (κ3) is 4.57. The molecule has 5 nitrogen and oxygen atoms in total. The molecule has 1 fully saturated rings. The second-order valence-electron chi connectivity index (χ2n) is 6.42. The number of nitrogens with zero attached hydrogens (tertiary/aromatic N) is 1. The number of nitrogens with one attached hydrogen (secondary N) is 1. The van der Waals surface area contributed by atoms with Crippen molar-refractivity contribution < 1.29 is 14.7 Å². The van der Waals surface area contributed by atoms with Crippen molar-refractivity contribution in [1.29, 1.82) is 0 Å². The van der Waals surface area contributed by atoms with Crippen LogP contribution in [-0.2, 0) is 17.6 Å². The number of carbonyl (C=O) groups is 2. The van der Waals surface area contributed by atoms with Gasteiger partial charge in [-0.25, -0.2) is 0 Å². The van der Waals surface area contributed by atoms with E-state index in [0.717, 1.165) is 43.5 Å². The summed E-state index contributed by atoms with van der Waals surface area (Å²) in [7, 11) is 0. The van der Waals surface area contributed by atoms with E-state index in [4.69, 9.17) is 5.11 Å². The molecule has 1 aromatic rings. The van der Waals surface area contributed by atoms with E-state index >= 15 is 0 Å². The quantitative estimate of drug-likeness (QED) is 0.717. The smallest absolute Gasteiger partial charge is 0.317 e. The molecule has 6 heteroatoms. The fraction of sp³-hybridized carbons (Fsp3) is 0.667. The first kappa shape index (κ1) is 18.9. The Morgan fingerprint density at radius 2 is 2.04 bits per heavy atom. The molecule has 134 valence electrons. The van der Waals surface area contributed by atoms with E-state index in [1.807, 2.05) is 17.9 Å². The monoisotopic (exact) mass is 352 g/mol. The van der Waals surface area contributed by atoms with Crippen molar-refractivity contribution in [3.05, 3.63) is 21.4 Å².